The van der Waals surface area contributed by atoms with Gasteiger partial charge in [0.05, 0.1) is 11.2 Å². The van der Waals surface area contributed by atoms with Crippen LogP contribution in [0.1, 0.15) is 19.4 Å². The minimum absolute atomic E-state index is 0.161. The van der Waals surface area contributed by atoms with E-state index in [0.717, 1.165) is 40.3 Å². The highest BCUT2D eigenvalue weighted by Crippen LogP contribution is 2.41. The first-order valence-electron chi connectivity index (χ1n) is 7.75. The summed E-state index contributed by atoms with van der Waals surface area (Å²) >= 11 is 0. The Balaban J connectivity index is 1.71. The molecule has 0 aliphatic carbocycles. The van der Waals surface area contributed by atoms with Gasteiger partial charge in [0.15, 0.2) is 0 Å². The topological polar surface area (TPSA) is 60.2 Å². The summed E-state index contributed by atoms with van der Waals surface area (Å²) in [4.78, 5) is 4.65. The molecule has 0 radical (unpaired) electrons. The van der Waals surface area contributed by atoms with Crippen LogP contribution in [0.15, 0.2) is 48.5 Å². The number of nitrogens with two attached hydrogens (primary N) is 1. The number of nitrogen functional groups attached to an aromatic ring is 1. The zero-order chi connectivity index (χ0) is 16.0. The van der Waals surface area contributed by atoms with Gasteiger partial charge in [-0.3, -0.25) is 0 Å². The molecule has 1 aliphatic rings. The summed E-state index contributed by atoms with van der Waals surface area (Å²) in [5.74, 6) is 1.71. The number of ether oxygens (including phenoxy) is 1. The number of rotatable bonds is 2. The van der Waals surface area contributed by atoms with Crippen molar-refractivity contribution in [3.63, 3.8) is 0 Å². The summed E-state index contributed by atoms with van der Waals surface area (Å²) in [5, 5.41) is 4.34. The van der Waals surface area contributed by atoms with Crippen LogP contribution in [-0.4, -0.2) is 10.6 Å². The average molecular weight is 305 g/mol. The van der Waals surface area contributed by atoms with Crippen molar-refractivity contribution in [3.8, 4) is 5.75 Å². The van der Waals surface area contributed by atoms with E-state index in [-0.39, 0.29) is 5.60 Å². The number of fused-ring (bicyclic) bond motifs is 2. The molecule has 0 spiro atoms. The molecule has 0 fully saturated rings. The highest BCUT2D eigenvalue weighted by atomic mass is 16.5. The van der Waals surface area contributed by atoms with Gasteiger partial charge in [-0.15, -0.1) is 0 Å². The lowest BCUT2D eigenvalue weighted by Crippen LogP contribution is -2.24. The zero-order valence-corrected chi connectivity index (χ0v) is 13.3. The number of anilines is 3. The maximum atomic E-state index is 6.09. The molecule has 1 aliphatic heterocycles. The van der Waals surface area contributed by atoms with Gasteiger partial charge in [0.1, 0.15) is 17.2 Å². The van der Waals surface area contributed by atoms with Crippen molar-refractivity contribution < 1.29 is 4.74 Å². The van der Waals surface area contributed by atoms with Gasteiger partial charge in [0, 0.05) is 23.1 Å². The summed E-state index contributed by atoms with van der Waals surface area (Å²) in [5.41, 5.74) is 9.62. The number of benzene rings is 2. The molecule has 3 aromatic rings. The first kappa shape index (κ1) is 13.9. The van der Waals surface area contributed by atoms with Crippen LogP contribution in [0.25, 0.3) is 10.9 Å². The second-order valence-corrected chi connectivity index (χ2v) is 6.57. The molecule has 0 atom stereocenters. The molecular formula is C19H19N3O. The minimum atomic E-state index is -0.161. The first-order valence-corrected chi connectivity index (χ1v) is 7.75. The maximum Gasteiger partial charge on any atom is 0.146 e. The fourth-order valence-corrected chi connectivity index (χ4v) is 3.10. The predicted octanol–water partition coefficient (Wildman–Crippen LogP) is 4.27. The standard InChI is InChI=1S/C19H19N3O/c1-19(2)11-12-5-3-8-16(18(12)23-19)22-17-10-9-13-14(20)6-4-7-15(13)21-17/h3-10H,11,20H2,1-2H3,(H,21,22). The van der Waals surface area contributed by atoms with E-state index in [0.29, 0.717) is 0 Å². The van der Waals surface area contributed by atoms with Crippen molar-refractivity contribution in [2.45, 2.75) is 25.9 Å². The second-order valence-electron chi connectivity index (χ2n) is 6.57. The molecule has 2 heterocycles. The molecule has 0 unspecified atom stereocenters. The smallest absolute Gasteiger partial charge is 0.146 e. The largest absolute Gasteiger partial charge is 0.485 e. The van der Waals surface area contributed by atoms with Gasteiger partial charge in [0.25, 0.3) is 0 Å². The number of para-hydroxylation sites is 1. The van der Waals surface area contributed by atoms with Crippen LogP contribution in [0.5, 0.6) is 5.75 Å². The number of hydrogen-bond acceptors (Lipinski definition) is 4. The van der Waals surface area contributed by atoms with E-state index in [9.17, 15) is 0 Å². The van der Waals surface area contributed by atoms with Crippen LogP contribution in [-0.2, 0) is 6.42 Å². The normalized spacial score (nSPS) is 15.2. The van der Waals surface area contributed by atoms with E-state index in [1.165, 1.54) is 5.56 Å². The van der Waals surface area contributed by atoms with Crippen molar-refractivity contribution >= 4 is 28.1 Å². The van der Waals surface area contributed by atoms with Gasteiger partial charge in [-0.2, -0.15) is 0 Å². The Bertz CT molecular complexity index is 902. The summed E-state index contributed by atoms with van der Waals surface area (Å²) < 4.78 is 6.09. The lowest BCUT2D eigenvalue weighted by molar-refractivity contribution is 0.139. The third-order valence-corrected chi connectivity index (χ3v) is 4.12. The van der Waals surface area contributed by atoms with E-state index in [2.05, 4.69) is 30.2 Å². The van der Waals surface area contributed by atoms with Crippen molar-refractivity contribution in [3.05, 3.63) is 54.1 Å². The first-order chi connectivity index (χ1) is 11.0. The van der Waals surface area contributed by atoms with Crippen LogP contribution in [0.4, 0.5) is 17.2 Å². The van der Waals surface area contributed by atoms with Crippen molar-refractivity contribution in [2.75, 3.05) is 11.1 Å². The third kappa shape index (κ3) is 2.46. The summed E-state index contributed by atoms with van der Waals surface area (Å²) in [6.07, 6.45) is 0.916. The van der Waals surface area contributed by atoms with Crippen molar-refractivity contribution in [1.29, 1.82) is 0 Å². The Hall–Kier alpha value is -2.75. The lowest BCUT2D eigenvalue weighted by atomic mass is 10.0. The Morgan fingerprint density at radius 2 is 1.91 bits per heavy atom. The van der Waals surface area contributed by atoms with Crippen LogP contribution in [0.3, 0.4) is 0 Å². The number of pyridine rings is 1. The van der Waals surface area contributed by atoms with Gasteiger partial charge in [-0.1, -0.05) is 18.2 Å². The molecule has 1 aromatic heterocycles. The average Bonchev–Trinajstić information content (AvgIpc) is 2.82. The van der Waals surface area contributed by atoms with E-state index in [1.807, 2.05) is 42.5 Å². The van der Waals surface area contributed by atoms with Crippen LogP contribution in [0, 0.1) is 0 Å². The monoisotopic (exact) mass is 305 g/mol. The Kier molecular flexibility index (Phi) is 2.94. The van der Waals surface area contributed by atoms with Gasteiger partial charge >= 0.3 is 0 Å². The molecule has 0 saturated carbocycles. The van der Waals surface area contributed by atoms with E-state index >= 15 is 0 Å². The third-order valence-electron chi connectivity index (χ3n) is 4.12. The number of hydrogen-bond donors (Lipinski definition) is 2. The molecule has 4 rings (SSSR count). The molecule has 4 nitrogen and oxygen atoms in total. The molecule has 0 bridgehead atoms. The predicted molar refractivity (Wildman–Crippen MR) is 94.3 cm³/mol. The highest BCUT2D eigenvalue weighted by molar-refractivity contribution is 5.91. The Labute approximate surface area is 135 Å². The fourth-order valence-electron chi connectivity index (χ4n) is 3.10. The van der Waals surface area contributed by atoms with Crippen molar-refractivity contribution in [2.24, 2.45) is 0 Å². The van der Waals surface area contributed by atoms with Gasteiger partial charge in [-0.25, -0.2) is 4.98 Å². The minimum Gasteiger partial charge on any atom is -0.485 e. The molecular weight excluding hydrogens is 286 g/mol. The quantitative estimate of drug-likeness (QED) is 0.694. The lowest BCUT2D eigenvalue weighted by Gasteiger charge is -2.18. The summed E-state index contributed by atoms with van der Waals surface area (Å²) in [6.45, 7) is 4.21. The summed E-state index contributed by atoms with van der Waals surface area (Å²) in [7, 11) is 0. The van der Waals surface area contributed by atoms with Crippen LogP contribution < -0.4 is 15.8 Å². The number of nitrogens with zero attached hydrogens (tertiary/aromatic N) is 1. The summed E-state index contributed by atoms with van der Waals surface area (Å²) in [6, 6.07) is 15.9. The Morgan fingerprint density at radius 3 is 2.78 bits per heavy atom. The molecule has 4 heteroatoms. The molecule has 3 N–H and O–H groups in total. The number of aromatic nitrogens is 1. The second kappa shape index (κ2) is 4.88. The van der Waals surface area contributed by atoms with Gasteiger partial charge in [-0.05, 0) is 44.2 Å². The van der Waals surface area contributed by atoms with Gasteiger partial charge < -0.3 is 15.8 Å². The number of nitrogens with one attached hydrogen (secondary N) is 1. The van der Waals surface area contributed by atoms with E-state index < -0.39 is 0 Å². The Morgan fingerprint density at radius 1 is 1.09 bits per heavy atom. The molecule has 2 aromatic carbocycles. The molecule has 0 saturated heterocycles. The maximum absolute atomic E-state index is 6.09. The zero-order valence-electron chi connectivity index (χ0n) is 13.3. The van der Waals surface area contributed by atoms with Crippen LogP contribution >= 0.6 is 0 Å². The highest BCUT2D eigenvalue weighted by Gasteiger charge is 2.31. The fraction of sp³-hybridized carbons (Fsp3) is 0.211. The van der Waals surface area contributed by atoms with E-state index in [4.69, 9.17) is 10.5 Å². The van der Waals surface area contributed by atoms with Gasteiger partial charge in [0.2, 0.25) is 0 Å². The van der Waals surface area contributed by atoms with Crippen molar-refractivity contribution in [1.82, 2.24) is 4.98 Å². The molecule has 23 heavy (non-hydrogen) atoms. The molecule has 0 amide bonds. The van der Waals surface area contributed by atoms with Crippen LogP contribution in [0.2, 0.25) is 0 Å². The molecule has 116 valence electrons. The van der Waals surface area contributed by atoms with E-state index in [1.54, 1.807) is 0 Å². The SMILES string of the molecule is CC1(C)Cc2cccc(Nc3ccc4c(N)cccc4n3)c2O1.